The first-order valence-corrected chi connectivity index (χ1v) is 10.5. The van der Waals surface area contributed by atoms with Crippen LogP contribution < -0.4 is 4.74 Å². The number of fused-ring (bicyclic) bond motifs is 1. The van der Waals surface area contributed by atoms with Crippen molar-refractivity contribution in [1.82, 2.24) is 4.57 Å². The molecule has 0 unspecified atom stereocenters. The van der Waals surface area contributed by atoms with Crippen LogP contribution in [0.2, 0.25) is 10.0 Å². The van der Waals surface area contributed by atoms with Crippen molar-refractivity contribution in [3.8, 4) is 5.75 Å². The Labute approximate surface area is 190 Å². The van der Waals surface area contributed by atoms with Crippen molar-refractivity contribution in [2.45, 2.75) is 39.9 Å². The molecule has 1 heterocycles. The van der Waals surface area contributed by atoms with Crippen molar-refractivity contribution in [2.24, 2.45) is 0 Å². The van der Waals surface area contributed by atoms with Gasteiger partial charge in [-0.3, -0.25) is 0 Å². The van der Waals surface area contributed by atoms with E-state index in [9.17, 15) is 9.59 Å². The fourth-order valence-electron chi connectivity index (χ4n) is 2.95. The zero-order chi connectivity index (χ0) is 22.8. The molecule has 31 heavy (non-hydrogen) atoms. The number of halogens is 2. The molecule has 0 radical (unpaired) electrons. The van der Waals surface area contributed by atoms with Crippen LogP contribution in [0.4, 0.5) is 4.79 Å². The summed E-state index contributed by atoms with van der Waals surface area (Å²) in [7, 11) is 0. The third-order valence-electron chi connectivity index (χ3n) is 4.22. The van der Waals surface area contributed by atoms with E-state index < -0.39 is 17.7 Å². The topological polar surface area (TPSA) is 66.8 Å². The molecule has 0 fully saturated rings. The average molecular weight is 464 g/mol. The number of benzene rings is 2. The molecule has 0 saturated heterocycles. The summed E-state index contributed by atoms with van der Waals surface area (Å²) in [5.41, 5.74) is 0.771. The van der Waals surface area contributed by atoms with Crippen LogP contribution in [0.5, 0.6) is 5.75 Å². The van der Waals surface area contributed by atoms with Gasteiger partial charge in [-0.15, -0.1) is 0 Å². The molecule has 3 aromatic rings. The first-order valence-electron chi connectivity index (χ1n) is 9.71. The van der Waals surface area contributed by atoms with Gasteiger partial charge in [0, 0.05) is 11.5 Å². The minimum absolute atomic E-state index is 0.105. The summed E-state index contributed by atoms with van der Waals surface area (Å²) in [4.78, 5) is 25.3. The van der Waals surface area contributed by atoms with Gasteiger partial charge < -0.3 is 14.2 Å². The molecular weight excluding hydrogens is 441 g/mol. The molecule has 2 aromatic carbocycles. The lowest BCUT2D eigenvalue weighted by Crippen LogP contribution is -2.29. The number of aromatic nitrogens is 1. The Kier molecular flexibility index (Phi) is 6.82. The van der Waals surface area contributed by atoms with E-state index in [4.69, 9.17) is 37.4 Å². The highest BCUT2D eigenvalue weighted by Gasteiger charge is 2.25. The van der Waals surface area contributed by atoms with Gasteiger partial charge in [0.2, 0.25) is 0 Å². The zero-order valence-electron chi connectivity index (χ0n) is 17.7. The normalized spacial score (nSPS) is 11.4. The fourth-order valence-corrected chi connectivity index (χ4v) is 3.24. The van der Waals surface area contributed by atoms with Crippen molar-refractivity contribution in [2.75, 3.05) is 6.61 Å². The standard InChI is InChI=1S/C23H23Cl2NO5/c1-5-29-21(27)20-11-15-10-14(13-30-16-7-8-17(24)18(25)12-16)6-9-19(15)26(20)22(28)31-23(2,3)4/h6-12H,5,13H2,1-4H3. The van der Waals surface area contributed by atoms with Gasteiger partial charge in [-0.25, -0.2) is 14.2 Å². The number of nitrogens with zero attached hydrogens (tertiary/aromatic N) is 1. The SMILES string of the molecule is CCOC(=O)c1cc2cc(COc3ccc(Cl)c(Cl)c3)ccc2n1C(=O)OC(C)(C)C. The Balaban J connectivity index is 1.93. The van der Waals surface area contributed by atoms with Gasteiger partial charge in [0.1, 0.15) is 23.7 Å². The van der Waals surface area contributed by atoms with E-state index in [2.05, 4.69) is 0 Å². The van der Waals surface area contributed by atoms with Crippen molar-refractivity contribution in [3.05, 3.63) is 63.8 Å². The number of rotatable bonds is 5. The maximum Gasteiger partial charge on any atom is 0.419 e. The summed E-state index contributed by atoms with van der Waals surface area (Å²) >= 11 is 12.0. The molecule has 164 valence electrons. The summed E-state index contributed by atoms with van der Waals surface area (Å²) in [6.07, 6.45) is -0.648. The molecule has 1 aromatic heterocycles. The van der Waals surface area contributed by atoms with E-state index >= 15 is 0 Å². The molecule has 0 amide bonds. The molecule has 3 rings (SSSR count). The van der Waals surface area contributed by atoms with E-state index in [0.29, 0.717) is 26.7 Å². The molecule has 6 nitrogen and oxygen atoms in total. The molecule has 0 aliphatic carbocycles. The van der Waals surface area contributed by atoms with E-state index in [-0.39, 0.29) is 18.9 Å². The van der Waals surface area contributed by atoms with Crippen LogP contribution in [-0.2, 0) is 16.1 Å². The monoisotopic (exact) mass is 463 g/mol. The van der Waals surface area contributed by atoms with Crippen LogP contribution >= 0.6 is 23.2 Å². The maximum atomic E-state index is 12.8. The lowest BCUT2D eigenvalue weighted by molar-refractivity contribution is 0.0454. The van der Waals surface area contributed by atoms with E-state index in [1.807, 2.05) is 12.1 Å². The first-order chi connectivity index (χ1) is 14.6. The molecule has 0 bridgehead atoms. The average Bonchev–Trinajstić information content (AvgIpc) is 3.07. The second kappa shape index (κ2) is 9.20. The molecular formula is C23H23Cl2NO5. The molecule has 8 heteroatoms. The minimum Gasteiger partial charge on any atom is -0.489 e. The molecule has 0 spiro atoms. The number of hydrogen-bond donors (Lipinski definition) is 0. The van der Waals surface area contributed by atoms with Gasteiger partial charge >= 0.3 is 12.1 Å². The van der Waals surface area contributed by atoms with Gasteiger partial charge in [-0.1, -0.05) is 29.3 Å². The Hall–Kier alpha value is -2.70. The number of esters is 1. The molecule has 0 aliphatic heterocycles. The van der Waals surface area contributed by atoms with Crippen molar-refractivity contribution in [1.29, 1.82) is 0 Å². The quantitative estimate of drug-likeness (QED) is 0.404. The van der Waals surface area contributed by atoms with Crippen LogP contribution in [0.25, 0.3) is 10.9 Å². The van der Waals surface area contributed by atoms with E-state index in [1.165, 1.54) is 4.57 Å². The predicted molar refractivity (Wildman–Crippen MR) is 120 cm³/mol. The second-order valence-corrected chi connectivity index (χ2v) is 8.64. The summed E-state index contributed by atoms with van der Waals surface area (Å²) in [6.45, 7) is 7.45. The van der Waals surface area contributed by atoms with Gasteiger partial charge in [-0.2, -0.15) is 0 Å². The first kappa shape index (κ1) is 23.0. The van der Waals surface area contributed by atoms with Crippen molar-refractivity contribution in [3.63, 3.8) is 0 Å². The Morgan fingerprint density at radius 1 is 1.00 bits per heavy atom. The lowest BCUT2D eigenvalue weighted by atomic mass is 10.1. The summed E-state index contributed by atoms with van der Waals surface area (Å²) in [5, 5.41) is 1.54. The summed E-state index contributed by atoms with van der Waals surface area (Å²) in [5.74, 6) is -0.0220. The maximum absolute atomic E-state index is 12.8. The molecule has 0 atom stereocenters. The highest BCUT2D eigenvalue weighted by atomic mass is 35.5. The van der Waals surface area contributed by atoms with Crippen LogP contribution in [0.15, 0.2) is 42.5 Å². The molecule has 0 saturated carbocycles. The largest absolute Gasteiger partial charge is 0.489 e. The van der Waals surface area contributed by atoms with Gasteiger partial charge in [0.05, 0.1) is 22.2 Å². The minimum atomic E-state index is -0.715. The van der Waals surface area contributed by atoms with Gasteiger partial charge in [0.15, 0.2) is 0 Å². The Bertz CT molecular complexity index is 1130. The third-order valence-corrected chi connectivity index (χ3v) is 4.96. The summed E-state index contributed by atoms with van der Waals surface area (Å²) in [6, 6.07) is 12.0. The zero-order valence-corrected chi connectivity index (χ0v) is 19.2. The highest BCUT2D eigenvalue weighted by molar-refractivity contribution is 6.42. The Morgan fingerprint density at radius 2 is 1.74 bits per heavy atom. The third kappa shape index (κ3) is 5.51. The van der Waals surface area contributed by atoms with E-state index in [0.717, 1.165) is 5.56 Å². The van der Waals surface area contributed by atoms with Gasteiger partial charge in [0.25, 0.3) is 0 Å². The van der Waals surface area contributed by atoms with Gasteiger partial charge in [-0.05, 0) is 63.6 Å². The molecule has 0 N–H and O–H groups in total. The smallest absolute Gasteiger partial charge is 0.419 e. The number of hydrogen-bond acceptors (Lipinski definition) is 5. The van der Waals surface area contributed by atoms with Crippen LogP contribution in [0.1, 0.15) is 43.7 Å². The van der Waals surface area contributed by atoms with Crippen LogP contribution in [0.3, 0.4) is 0 Å². The van der Waals surface area contributed by atoms with Crippen LogP contribution in [0, 0.1) is 0 Å². The Morgan fingerprint density at radius 3 is 2.39 bits per heavy atom. The van der Waals surface area contributed by atoms with Crippen LogP contribution in [-0.4, -0.2) is 28.8 Å². The second-order valence-electron chi connectivity index (χ2n) is 7.82. The predicted octanol–water partition coefficient (Wildman–Crippen LogP) is 6.49. The number of carbonyl (C=O) groups excluding carboxylic acids is 2. The highest BCUT2D eigenvalue weighted by Crippen LogP contribution is 2.28. The number of carbonyl (C=O) groups is 2. The fraction of sp³-hybridized carbons (Fsp3) is 0.304. The van der Waals surface area contributed by atoms with E-state index in [1.54, 1.807) is 58.0 Å². The number of ether oxygens (including phenoxy) is 3. The van der Waals surface area contributed by atoms with Crippen molar-refractivity contribution < 1.29 is 23.8 Å². The van der Waals surface area contributed by atoms with Crippen molar-refractivity contribution >= 4 is 46.2 Å². The summed E-state index contributed by atoms with van der Waals surface area (Å²) < 4.78 is 17.6. The lowest BCUT2D eigenvalue weighted by Gasteiger charge is -2.20. The molecule has 0 aliphatic rings.